The summed E-state index contributed by atoms with van der Waals surface area (Å²) in [5.74, 6) is -3.52. The molecular weight excluding hydrogens is 262 g/mol. The van der Waals surface area contributed by atoms with Gasteiger partial charge in [-0.05, 0) is 12.0 Å². The van der Waals surface area contributed by atoms with Crippen LogP contribution in [0.25, 0.3) is 0 Å². The van der Waals surface area contributed by atoms with Crippen molar-refractivity contribution in [3.8, 4) is 11.5 Å². The van der Waals surface area contributed by atoms with Crippen LogP contribution in [0.1, 0.15) is 25.3 Å². The van der Waals surface area contributed by atoms with E-state index in [2.05, 4.69) is 12.6 Å². The first-order valence-corrected chi connectivity index (χ1v) is 5.88. The Morgan fingerprint density at radius 1 is 1.33 bits per heavy atom. The van der Waals surface area contributed by atoms with Crippen molar-refractivity contribution >= 4 is 17.7 Å². The molecule has 3 rings (SSSR count). The predicted octanol–water partition coefficient (Wildman–Crippen LogP) is 2.89. The monoisotopic (exact) mass is 274 g/mol. The first-order valence-electron chi connectivity index (χ1n) is 5.43. The van der Waals surface area contributed by atoms with Crippen LogP contribution in [0.3, 0.4) is 0 Å². The Bertz CT molecular complexity index is 503. The van der Waals surface area contributed by atoms with Crippen molar-refractivity contribution in [1.82, 2.24) is 0 Å². The van der Waals surface area contributed by atoms with Gasteiger partial charge < -0.3 is 9.47 Å². The van der Waals surface area contributed by atoms with E-state index in [9.17, 15) is 13.6 Å². The molecule has 0 aromatic heterocycles. The van der Waals surface area contributed by atoms with Crippen molar-refractivity contribution in [2.24, 2.45) is 5.92 Å². The zero-order valence-corrected chi connectivity index (χ0v) is 10.8. The van der Waals surface area contributed by atoms with Crippen LogP contribution in [0.5, 0.6) is 11.5 Å². The van der Waals surface area contributed by atoms with Gasteiger partial charge in [-0.3, -0.25) is 4.79 Å². The Kier molecular flexibility index (Phi) is 3.47. The van der Waals surface area contributed by atoms with Crippen molar-refractivity contribution < 1.29 is 23.0 Å². The maximum atomic E-state index is 13.7. The summed E-state index contributed by atoms with van der Waals surface area (Å²) in [7, 11) is 0. The molecule has 18 heavy (non-hydrogen) atoms. The highest BCUT2D eigenvalue weighted by Gasteiger charge is 2.32. The summed E-state index contributed by atoms with van der Waals surface area (Å²) in [4.78, 5) is 11.5. The third-order valence-corrected chi connectivity index (χ3v) is 3.12. The molecule has 2 heterocycles. The van der Waals surface area contributed by atoms with Crippen molar-refractivity contribution in [3.63, 3.8) is 0 Å². The predicted molar refractivity (Wildman–Crippen MR) is 64.1 cm³/mol. The van der Waals surface area contributed by atoms with Gasteiger partial charge in [0.25, 0.3) is 0 Å². The van der Waals surface area contributed by atoms with E-state index in [0.29, 0.717) is 0 Å². The van der Waals surface area contributed by atoms with Gasteiger partial charge in [0.15, 0.2) is 16.6 Å². The molecule has 1 aromatic rings. The molecule has 0 spiro atoms. The maximum absolute atomic E-state index is 13.7. The molecule has 2 aliphatic rings. The molecule has 1 atom stereocenters. The Balaban J connectivity index is 2.62. The molecule has 0 saturated heterocycles. The molecule has 2 bridgehead atoms. The maximum Gasteiger partial charge on any atom is 0.231 e. The van der Waals surface area contributed by atoms with Gasteiger partial charge in [-0.2, -0.15) is 8.78 Å². The van der Waals surface area contributed by atoms with Gasteiger partial charge in [-0.1, -0.05) is 13.8 Å². The standard InChI is InChI=1S/C12H12F2O3S/c1-5(2)8(12(15)18)6-3-7-9(13)10(14)11(6)17-4-16-7/h3,5,8H,4H2,1-2H3,(H,15,18). The fraction of sp³-hybridized carbons (Fsp3) is 0.417. The Morgan fingerprint density at radius 3 is 2.56 bits per heavy atom. The van der Waals surface area contributed by atoms with Crippen LogP contribution in [0, 0.1) is 17.6 Å². The number of carbonyl (C=O) groups excluding carboxylic acids is 1. The fourth-order valence-corrected chi connectivity index (χ4v) is 2.45. The minimum Gasteiger partial charge on any atom is -0.454 e. The van der Waals surface area contributed by atoms with Gasteiger partial charge in [0.05, 0.1) is 5.92 Å². The highest BCUT2D eigenvalue weighted by atomic mass is 32.1. The number of thiol groups is 1. The van der Waals surface area contributed by atoms with E-state index in [-0.39, 0.29) is 29.8 Å². The van der Waals surface area contributed by atoms with Gasteiger partial charge in [0.2, 0.25) is 18.4 Å². The van der Waals surface area contributed by atoms with E-state index in [1.807, 2.05) is 0 Å². The average molecular weight is 274 g/mol. The topological polar surface area (TPSA) is 35.5 Å². The Hall–Kier alpha value is -1.30. The third-order valence-electron chi connectivity index (χ3n) is 2.84. The van der Waals surface area contributed by atoms with E-state index < -0.39 is 22.7 Å². The quantitative estimate of drug-likeness (QED) is 0.861. The second-order valence-corrected chi connectivity index (χ2v) is 4.83. The first-order chi connectivity index (χ1) is 8.43. The first kappa shape index (κ1) is 13.1. The smallest absolute Gasteiger partial charge is 0.231 e. The van der Waals surface area contributed by atoms with Gasteiger partial charge >= 0.3 is 0 Å². The highest BCUT2D eigenvalue weighted by molar-refractivity contribution is 7.96. The molecule has 0 aliphatic carbocycles. The Labute approximate surface area is 108 Å². The fourth-order valence-electron chi connectivity index (χ4n) is 2.02. The highest BCUT2D eigenvalue weighted by Crippen LogP contribution is 2.41. The molecule has 0 fully saturated rings. The minimum absolute atomic E-state index is 0.117. The SMILES string of the molecule is CC(C)C(C(=O)S)c1cc2c(F)c(F)c1OCO2. The summed E-state index contributed by atoms with van der Waals surface area (Å²) in [5.41, 5.74) is 0.274. The van der Waals surface area contributed by atoms with Crippen LogP contribution in [0.15, 0.2) is 6.07 Å². The average Bonchev–Trinajstić information content (AvgIpc) is 2.54. The second-order valence-electron chi connectivity index (χ2n) is 4.39. The molecule has 98 valence electrons. The van der Waals surface area contributed by atoms with Crippen LogP contribution < -0.4 is 9.47 Å². The molecule has 0 saturated carbocycles. The van der Waals surface area contributed by atoms with E-state index in [1.54, 1.807) is 13.8 Å². The molecular formula is C12H12F2O3S. The Morgan fingerprint density at radius 2 is 2.00 bits per heavy atom. The van der Waals surface area contributed by atoms with Gasteiger partial charge in [-0.15, -0.1) is 12.6 Å². The number of ether oxygens (including phenoxy) is 2. The molecule has 0 radical (unpaired) electrons. The van der Waals surface area contributed by atoms with Crippen LogP contribution in [-0.4, -0.2) is 11.9 Å². The normalized spacial score (nSPS) is 15.0. The lowest BCUT2D eigenvalue weighted by molar-refractivity contribution is -0.112. The lowest BCUT2D eigenvalue weighted by Gasteiger charge is -2.19. The number of halogens is 2. The van der Waals surface area contributed by atoms with E-state index >= 15 is 0 Å². The van der Waals surface area contributed by atoms with E-state index in [0.717, 1.165) is 0 Å². The number of carbonyl (C=O) groups is 1. The molecule has 0 N–H and O–H groups in total. The lowest BCUT2D eigenvalue weighted by Crippen LogP contribution is -2.15. The largest absolute Gasteiger partial charge is 0.454 e. The summed E-state index contributed by atoms with van der Waals surface area (Å²) in [6, 6.07) is 1.31. The number of hydrogen-bond acceptors (Lipinski definition) is 3. The van der Waals surface area contributed by atoms with Crippen LogP contribution in [0.2, 0.25) is 0 Å². The van der Waals surface area contributed by atoms with E-state index in [1.165, 1.54) is 6.07 Å². The van der Waals surface area contributed by atoms with Crippen LogP contribution in [-0.2, 0) is 4.79 Å². The third kappa shape index (κ3) is 2.05. The van der Waals surface area contributed by atoms with Gasteiger partial charge in [-0.25, -0.2) is 0 Å². The van der Waals surface area contributed by atoms with Crippen molar-refractivity contribution in [2.75, 3.05) is 6.79 Å². The van der Waals surface area contributed by atoms with Gasteiger partial charge in [0, 0.05) is 5.56 Å². The second kappa shape index (κ2) is 4.76. The number of hydrogen-bond donors (Lipinski definition) is 1. The van der Waals surface area contributed by atoms with Crippen molar-refractivity contribution in [1.29, 1.82) is 0 Å². The van der Waals surface area contributed by atoms with Crippen LogP contribution in [0.4, 0.5) is 8.78 Å². The summed E-state index contributed by atoms with van der Waals surface area (Å²) in [6.45, 7) is 3.31. The van der Waals surface area contributed by atoms with E-state index in [4.69, 9.17) is 9.47 Å². The minimum atomic E-state index is -1.12. The molecule has 1 unspecified atom stereocenters. The molecule has 2 aliphatic heterocycles. The van der Waals surface area contributed by atoms with Crippen molar-refractivity contribution in [2.45, 2.75) is 19.8 Å². The molecule has 6 heteroatoms. The summed E-state index contributed by atoms with van der Waals surface area (Å²) in [6.07, 6.45) is 0. The number of fused-ring (bicyclic) bond motifs is 4. The number of benzene rings is 1. The van der Waals surface area contributed by atoms with Crippen LogP contribution >= 0.6 is 12.6 Å². The lowest BCUT2D eigenvalue weighted by atomic mass is 9.88. The summed E-state index contributed by atoms with van der Waals surface area (Å²) >= 11 is 3.79. The van der Waals surface area contributed by atoms with Crippen molar-refractivity contribution in [3.05, 3.63) is 23.3 Å². The zero-order valence-electron chi connectivity index (χ0n) is 9.87. The summed E-state index contributed by atoms with van der Waals surface area (Å²) < 4.78 is 37.1. The summed E-state index contributed by atoms with van der Waals surface area (Å²) in [5, 5.41) is -0.422. The molecule has 3 nitrogen and oxygen atoms in total. The van der Waals surface area contributed by atoms with Gasteiger partial charge in [0.1, 0.15) is 0 Å². The zero-order chi connectivity index (χ0) is 13.4. The number of rotatable bonds is 3. The molecule has 1 aromatic carbocycles. The molecule has 0 amide bonds.